The van der Waals surface area contributed by atoms with Crippen molar-refractivity contribution in [2.45, 2.75) is 53.2 Å². The second-order valence-electron chi connectivity index (χ2n) is 6.80. The lowest BCUT2D eigenvalue weighted by Crippen LogP contribution is -2.57. The Kier molecular flexibility index (Phi) is 5.95. The number of amides is 1. The third kappa shape index (κ3) is 5.44. The van der Waals surface area contributed by atoms with Crippen LogP contribution in [-0.2, 0) is 4.74 Å². The minimum Gasteiger partial charge on any atom is -0.444 e. The highest BCUT2D eigenvalue weighted by molar-refractivity contribution is 5.85. The minimum absolute atomic E-state index is 0. The third-order valence-corrected chi connectivity index (χ3v) is 2.87. The smallest absolute Gasteiger partial charge is 0.410 e. The summed E-state index contributed by atoms with van der Waals surface area (Å²) in [7, 11) is 0. The fraction of sp³-hybridized carbons (Fsp3) is 0.923. The Bertz CT molecular complexity index is 282. The number of hydrogen-bond acceptors (Lipinski definition) is 3. The van der Waals surface area contributed by atoms with Gasteiger partial charge in [-0.3, -0.25) is 0 Å². The predicted octanol–water partition coefficient (Wildman–Crippen LogP) is 2.66. The molecule has 1 rings (SSSR count). The van der Waals surface area contributed by atoms with E-state index in [1.807, 2.05) is 20.8 Å². The molecule has 1 fully saturated rings. The lowest BCUT2D eigenvalue weighted by Gasteiger charge is -2.40. The Labute approximate surface area is 117 Å². The van der Waals surface area contributed by atoms with E-state index < -0.39 is 5.60 Å². The number of carbonyl (C=O) groups excluding carboxylic acids is 1. The molecule has 0 unspecified atom stereocenters. The minimum atomic E-state index is -0.417. The highest BCUT2D eigenvalue weighted by atomic mass is 35.5. The van der Waals surface area contributed by atoms with E-state index in [1.54, 1.807) is 4.90 Å². The van der Waals surface area contributed by atoms with Crippen LogP contribution < -0.4 is 5.32 Å². The van der Waals surface area contributed by atoms with E-state index in [0.717, 1.165) is 19.6 Å². The molecule has 0 bridgehead atoms. The molecule has 0 aliphatic carbocycles. The largest absolute Gasteiger partial charge is 0.444 e. The van der Waals surface area contributed by atoms with Gasteiger partial charge in [-0.15, -0.1) is 12.4 Å². The monoisotopic (exact) mass is 278 g/mol. The number of carbonyl (C=O) groups is 1. The van der Waals surface area contributed by atoms with Crippen molar-refractivity contribution >= 4 is 18.5 Å². The van der Waals surface area contributed by atoms with Crippen LogP contribution in [0.25, 0.3) is 0 Å². The number of ether oxygens (including phenoxy) is 1. The molecule has 108 valence electrons. The summed E-state index contributed by atoms with van der Waals surface area (Å²) in [5.41, 5.74) is -0.264. The fourth-order valence-electron chi connectivity index (χ4n) is 1.82. The standard InChI is InChI=1S/C13H26N2O2.ClH/c1-12(2,3)10-9-15(8-7-14-10)11(16)17-13(4,5)6;/h10,14H,7-9H2,1-6H3;1H/t10-;/m1./s1. The Morgan fingerprint density at radius 1 is 1.22 bits per heavy atom. The molecule has 0 aromatic rings. The first-order valence-electron chi connectivity index (χ1n) is 6.31. The van der Waals surface area contributed by atoms with Crippen LogP contribution in [0.3, 0.4) is 0 Å². The van der Waals surface area contributed by atoms with Crippen molar-refractivity contribution < 1.29 is 9.53 Å². The molecular weight excluding hydrogens is 252 g/mol. The molecule has 18 heavy (non-hydrogen) atoms. The first-order chi connectivity index (χ1) is 7.59. The highest BCUT2D eigenvalue weighted by Gasteiger charge is 2.32. The zero-order chi connectivity index (χ0) is 13.3. The van der Waals surface area contributed by atoms with Crippen LogP contribution in [-0.4, -0.2) is 42.3 Å². The van der Waals surface area contributed by atoms with Gasteiger partial charge < -0.3 is 15.0 Å². The second kappa shape index (κ2) is 6.11. The second-order valence-corrected chi connectivity index (χ2v) is 6.80. The van der Waals surface area contributed by atoms with Crippen LogP contribution in [0.1, 0.15) is 41.5 Å². The van der Waals surface area contributed by atoms with Crippen molar-refractivity contribution in [3.63, 3.8) is 0 Å². The van der Waals surface area contributed by atoms with Gasteiger partial charge in [0.05, 0.1) is 0 Å². The number of hydrogen-bond donors (Lipinski definition) is 1. The van der Waals surface area contributed by atoms with E-state index in [1.165, 1.54) is 0 Å². The summed E-state index contributed by atoms with van der Waals surface area (Å²) in [4.78, 5) is 13.8. The summed E-state index contributed by atoms with van der Waals surface area (Å²) >= 11 is 0. The Morgan fingerprint density at radius 2 is 1.78 bits per heavy atom. The van der Waals surface area contributed by atoms with Crippen molar-refractivity contribution in [2.75, 3.05) is 19.6 Å². The van der Waals surface area contributed by atoms with Gasteiger partial charge in [-0.2, -0.15) is 0 Å². The lowest BCUT2D eigenvalue weighted by atomic mass is 9.85. The van der Waals surface area contributed by atoms with Crippen molar-refractivity contribution in [2.24, 2.45) is 5.41 Å². The van der Waals surface area contributed by atoms with E-state index in [9.17, 15) is 4.79 Å². The molecule has 4 nitrogen and oxygen atoms in total. The number of nitrogens with zero attached hydrogens (tertiary/aromatic N) is 1. The van der Waals surface area contributed by atoms with Gasteiger partial charge in [-0.05, 0) is 26.2 Å². The molecular formula is C13H27ClN2O2. The maximum absolute atomic E-state index is 12.0. The molecule has 1 aliphatic rings. The molecule has 5 heteroatoms. The van der Waals surface area contributed by atoms with Crippen LogP contribution in [0.5, 0.6) is 0 Å². The normalized spacial score (nSPS) is 21.2. The molecule has 1 atom stereocenters. The van der Waals surface area contributed by atoms with Crippen molar-refractivity contribution in [1.82, 2.24) is 10.2 Å². The molecule has 0 radical (unpaired) electrons. The number of halogens is 1. The van der Waals surface area contributed by atoms with Crippen LogP contribution in [0.2, 0.25) is 0 Å². The quantitative estimate of drug-likeness (QED) is 0.741. The van der Waals surface area contributed by atoms with E-state index in [2.05, 4.69) is 26.1 Å². The molecule has 1 saturated heterocycles. The van der Waals surface area contributed by atoms with Gasteiger partial charge in [-0.25, -0.2) is 4.79 Å². The average molecular weight is 279 g/mol. The molecule has 0 aromatic carbocycles. The summed E-state index contributed by atoms with van der Waals surface area (Å²) in [6, 6.07) is 0.323. The third-order valence-electron chi connectivity index (χ3n) is 2.87. The SMILES string of the molecule is CC(C)(C)OC(=O)N1CCN[C@@H](C(C)(C)C)C1.Cl. The zero-order valence-corrected chi connectivity index (χ0v) is 13.2. The summed E-state index contributed by atoms with van der Waals surface area (Å²) < 4.78 is 5.40. The van der Waals surface area contributed by atoms with Gasteiger partial charge in [0.2, 0.25) is 0 Å². The van der Waals surface area contributed by atoms with E-state index in [-0.39, 0.29) is 23.9 Å². The predicted molar refractivity (Wildman–Crippen MR) is 76.3 cm³/mol. The summed E-state index contributed by atoms with van der Waals surface area (Å²) in [5.74, 6) is 0. The van der Waals surface area contributed by atoms with Crippen LogP contribution in [0.4, 0.5) is 4.79 Å². The summed E-state index contributed by atoms with van der Waals surface area (Å²) in [5, 5.41) is 3.46. The fourth-order valence-corrected chi connectivity index (χ4v) is 1.82. The van der Waals surface area contributed by atoms with Crippen LogP contribution >= 0.6 is 12.4 Å². The Hall–Kier alpha value is -0.480. The van der Waals surface area contributed by atoms with Crippen molar-refractivity contribution in [1.29, 1.82) is 0 Å². The van der Waals surface area contributed by atoms with Gasteiger partial charge in [0.15, 0.2) is 0 Å². The molecule has 1 heterocycles. The molecule has 0 spiro atoms. The molecule has 1 aliphatic heterocycles. The van der Waals surface area contributed by atoms with E-state index in [0.29, 0.717) is 6.04 Å². The topological polar surface area (TPSA) is 41.6 Å². The number of piperazine rings is 1. The van der Waals surface area contributed by atoms with Gasteiger partial charge in [0, 0.05) is 25.7 Å². The molecule has 1 amide bonds. The number of nitrogens with one attached hydrogen (secondary N) is 1. The lowest BCUT2D eigenvalue weighted by molar-refractivity contribution is 0.0148. The first kappa shape index (κ1) is 17.5. The van der Waals surface area contributed by atoms with Crippen molar-refractivity contribution in [3.8, 4) is 0 Å². The maximum Gasteiger partial charge on any atom is 0.410 e. The van der Waals surface area contributed by atoms with Crippen molar-refractivity contribution in [3.05, 3.63) is 0 Å². The van der Waals surface area contributed by atoms with Gasteiger partial charge in [0.1, 0.15) is 5.60 Å². The van der Waals surface area contributed by atoms with E-state index >= 15 is 0 Å². The summed E-state index contributed by atoms with van der Waals surface area (Å²) in [6.07, 6.45) is -0.201. The zero-order valence-electron chi connectivity index (χ0n) is 12.4. The Balaban J connectivity index is 0.00000289. The first-order valence-corrected chi connectivity index (χ1v) is 6.31. The maximum atomic E-state index is 12.0. The van der Waals surface area contributed by atoms with E-state index in [4.69, 9.17) is 4.74 Å². The van der Waals surface area contributed by atoms with Gasteiger partial charge in [-0.1, -0.05) is 20.8 Å². The van der Waals surface area contributed by atoms with Gasteiger partial charge in [0.25, 0.3) is 0 Å². The Morgan fingerprint density at radius 3 is 2.22 bits per heavy atom. The molecule has 0 saturated carbocycles. The average Bonchev–Trinajstić information content (AvgIpc) is 2.14. The molecule has 0 aromatic heterocycles. The van der Waals surface area contributed by atoms with Crippen LogP contribution in [0.15, 0.2) is 0 Å². The highest BCUT2D eigenvalue weighted by Crippen LogP contribution is 2.22. The molecule has 1 N–H and O–H groups in total. The number of rotatable bonds is 0. The summed E-state index contributed by atoms with van der Waals surface area (Å²) in [6.45, 7) is 14.5. The van der Waals surface area contributed by atoms with Crippen LogP contribution in [0, 0.1) is 5.41 Å². The van der Waals surface area contributed by atoms with Gasteiger partial charge >= 0.3 is 6.09 Å².